The number of aromatic nitrogens is 1. The Labute approximate surface area is 288 Å². The third-order valence-corrected chi connectivity index (χ3v) is 9.11. The molecule has 50 heavy (non-hydrogen) atoms. The number of likely N-dealkylation sites (N-methyl/N-ethyl adjacent to an activating group) is 2. The van der Waals surface area contributed by atoms with Gasteiger partial charge in [-0.3, -0.25) is 28.8 Å². The Kier molecular flexibility index (Phi) is 11.3. The van der Waals surface area contributed by atoms with Gasteiger partial charge in [-0.1, -0.05) is 18.2 Å². The summed E-state index contributed by atoms with van der Waals surface area (Å²) in [7, 11) is 4.05. The number of fused-ring (bicyclic) bond motifs is 3. The Hall–Kier alpha value is -5.47. The molecule has 3 atom stereocenters. The second-order valence-electron chi connectivity index (χ2n) is 12.5. The molecule has 2 aliphatic rings. The third-order valence-electron chi connectivity index (χ3n) is 9.11. The van der Waals surface area contributed by atoms with E-state index >= 15 is 0 Å². The summed E-state index contributed by atoms with van der Waals surface area (Å²) in [6.45, 7) is -0.258. The first-order valence-corrected chi connectivity index (χ1v) is 16.4. The molecule has 0 unspecified atom stereocenters. The fourth-order valence-electron chi connectivity index (χ4n) is 6.37. The molecule has 2 aliphatic heterocycles. The van der Waals surface area contributed by atoms with Gasteiger partial charge in [0, 0.05) is 56.7 Å². The van der Waals surface area contributed by atoms with Gasteiger partial charge < -0.3 is 39.8 Å². The maximum atomic E-state index is 14.5. The summed E-state index contributed by atoms with van der Waals surface area (Å²) >= 11 is 0. The summed E-state index contributed by atoms with van der Waals surface area (Å²) in [4.78, 5) is 85.6. The van der Waals surface area contributed by atoms with Crippen LogP contribution in [0, 0.1) is 5.82 Å². The van der Waals surface area contributed by atoms with Crippen LogP contribution in [-0.4, -0.2) is 121 Å². The quantitative estimate of drug-likeness (QED) is 0.312. The van der Waals surface area contributed by atoms with Gasteiger partial charge >= 0.3 is 5.97 Å². The molecule has 14 nitrogen and oxygen atoms in total. The molecular weight excluding hydrogens is 651 g/mol. The summed E-state index contributed by atoms with van der Waals surface area (Å²) in [5.74, 6) is -3.61. The van der Waals surface area contributed by atoms with E-state index in [4.69, 9.17) is 4.74 Å². The van der Waals surface area contributed by atoms with Gasteiger partial charge in [0.2, 0.25) is 23.6 Å². The predicted octanol–water partition coefficient (Wildman–Crippen LogP) is 1.39. The number of halogens is 1. The molecule has 3 N–H and O–H groups in total. The topological polar surface area (TPSA) is 170 Å². The molecule has 5 rings (SSSR count). The van der Waals surface area contributed by atoms with E-state index in [9.17, 15) is 33.2 Å². The summed E-state index contributed by atoms with van der Waals surface area (Å²) < 4.78 is 25.2. The molecule has 266 valence electrons. The number of ether oxygens (including phenoxy) is 2. The van der Waals surface area contributed by atoms with Gasteiger partial charge in [-0.15, -0.1) is 0 Å². The zero-order chi connectivity index (χ0) is 35.9. The molecule has 2 aromatic carbocycles. The molecule has 1 fully saturated rings. The SMILES string of the molecule is COC(=O)CCNC(=O)[C@@H]1CCC(=O)N(C)CC(=O)N2C[C@@H](NC(=O)Cc3c[nH]c4ccccc34)C[C@H]2COc2ccc(F)cc2C(=O)N1C. The van der Waals surface area contributed by atoms with Crippen molar-refractivity contribution in [3.63, 3.8) is 0 Å². The van der Waals surface area contributed by atoms with Crippen LogP contribution in [0.2, 0.25) is 0 Å². The number of hydrogen-bond acceptors (Lipinski definition) is 8. The third kappa shape index (κ3) is 8.39. The predicted molar refractivity (Wildman–Crippen MR) is 178 cm³/mol. The van der Waals surface area contributed by atoms with Crippen molar-refractivity contribution in [3.8, 4) is 5.75 Å². The van der Waals surface area contributed by atoms with Crippen LogP contribution < -0.4 is 15.4 Å². The standard InChI is InChI=1S/C35H41FN6O8/c1-40-19-32(45)42-18-23(39-30(43)14-21-17-38-27-7-5-4-6-25(21)27)16-24(42)20-50-29-10-8-22(36)15-26(29)35(48)41(2)28(9-11-31(40)44)34(47)37-13-12-33(46)49-3/h4-8,10,15,17,23-24,28,38H,9,11-14,16,18-20H2,1-3H3,(H,37,47)(H,39,43)/t23-,24-,28-/m0/s1. The molecule has 0 aliphatic carbocycles. The van der Waals surface area contributed by atoms with E-state index < -0.39 is 47.6 Å². The number of carbonyl (C=O) groups excluding carboxylic acids is 6. The minimum absolute atomic E-state index is 0.0374. The van der Waals surface area contributed by atoms with E-state index in [0.29, 0.717) is 6.42 Å². The highest BCUT2D eigenvalue weighted by Gasteiger charge is 2.38. The van der Waals surface area contributed by atoms with Crippen LogP contribution in [0.4, 0.5) is 4.39 Å². The molecule has 1 aromatic heterocycles. The van der Waals surface area contributed by atoms with Crippen LogP contribution >= 0.6 is 0 Å². The zero-order valence-electron chi connectivity index (χ0n) is 28.2. The van der Waals surface area contributed by atoms with E-state index in [-0.39, 0.29) is 75.1 Å². The highest BCUT2D eigenvalue weighted by molar-refractivity contribution is 6.00. The van der Waals surface area contributed by atoms with Crippen molar-refractivity contribution < 1.29 is 42.6 Å². The number of nitrogens with zero attached hydrogens (tertiary/aromatic N) is 3. The number of esters is 1. The number of H-pyrrole nitrogens is 1. The number of nitrogens with one attached hydrogen (secondary N) is 3. The molecule has 3 aromatic rings. The molecule has 1 saturated heterocycles. The Morgan fingerprint density at radius 3 is 2.64 bits per heavy atom. The lowest BCUT2D eigenvalue weighted by atomic mass is 10.1. The molecule has 0 saturated carbocycles. The molecule has 3 heterocycles. The van der Waals surface area contributed by atoms with Gasteiger partial charge in [-0.25, -0.2) is 4.39 Å². The van der Waals surface area contributed by atoms with Gasteiger partial charge in [0.1, 0.15) is 24.2 Å². The molecule has 15 heteroatoms. The minimum atomic E-state index is -1.17. The number of methoxy groups -OCH3 is 1. The van der Waals surface area contributed by atoms with Gasteiger partial charge in [0.05, 0.1) is 38.1 Å². The number of hydrogen-bond donors (Lipinski definition) is 3. The van der Waals surface area contributed by atoms with E-state index in [1.54, 1.807) is 11.1 Å². The van der Waals surface area contributed by atoms with E-state index in [1.807, 2.05) is 24.3 Å². The van der Waals surface area contributed by atoms with Crippen LogP contribution in [0.1, 0.15) is 41.6 Å². The van der Waals surface area contributed by atoms with Crippen molar-refractivity contribution in [1.29, 1.82) is 0 Å². The smallest absolute Gasteiger partial charge is 0.307 e. The fraction of sp³-hybridized carbons (Fsp3) is 0.429. The van der Waals surface area contributed by atoms with Gasteiger partial charge in [0.15, 0.2) is 0 Å². The second kappa shape index (κ2) is 15.8. The van der Waals surface area contributed by atoms with Crippen molar-refractivity contribution in [3.05, 3.63) is 65.6 Å². The van der Waals surface area contributed by atoms with Crippen LogP contribution in [0.25, 0.3) is 10.9 Å². The van der Waals surface area contributed by atoms with E-state index in [1.165, 1.54) is 32.2 Å². The number of amides is 5. The average Bonchev–Trinajstić information content (AvgIpc) is 3.70. The van der Waals surface area contributed by atoms with Crippen molar-refractivity contribution in [2.75, 3.05) is 47.4 Å². The molecule has 5 amide bonds. The normalized spacial score (nSPS) is 20.4. The number of aromatic amines is 1. The summed E-state index contributed by atoms with van der Waals surface area (Å²) in [6, 6.07) is 8.97. The Bertz CT molecular complexity index is 1780. The lowest BCUT2D eigenvalue weighted by Crippen LogP contribution is -2.49. The van der Waals surface area contributed by atoms with Crippen LogP contribution in [0.15, 0.2) is 48.7 Å². The van der Waals surface area contributed by atoms with Crippen LogP contribution in [-0.2, 0) is 35.1 Å². The largest absolute Gasteiger partial charge is 0.491 e. The second-order valence-corrected chi connectivity index (χ2v) is 12.5. The number of benzene rings is 2. The summed E-state index contributed by atoms with van der Waals surface area (Å²) in [5.41, 5.74) is 1.60. The minimum Gasteiger partial charge on any atom is -0.491 e. The maximum Gasteiger partial charge on any atom is 0.307 e. The van der Waals surface area contributed by atoms with E-state index in [0.717, 1.165) is 33.5 Å². The Balaban J connectivity index is 1.35. The fourth-order valence-corrected chi connectivity index (χ4v) is 6.37. The molecule has 0 bridgehead atoms. The summed E-state index contributed by atoms with van der Waals surface area (Å²) in [5, 5.41) is 6.56. The first-order chi connectivity index (χ1) is 23.9. The van der Waals surface area contributed by atoms with Crippen LogP contribution in [0.3, 0.4) is 0 Å². The number of para-hydroxylation sites is 1. The zero-order valence-corrected chi connectivity index (χ0v) is 28.2. The molecule has 0 spiro atoms. The highest BCUT2D eigenvalue weighted by Crippen LogP contribution is 2.27. The Morgan fingerprint density at radius 2 is 1.86 bits per heavy atom. The number of rotatable bonds is 7. The van der Waals surface area contributed by atoms with E-state index in [2.05, 4.69) is 20.4 Å². The first kappa shape index (κ1) is 35.8. The van der Waals surface area contributed by atoms with Crippen molar-refractivity contribution in [2.45, 2.75) is 50.2 Å². The van der Waals surface area contributed by atoms with Gasteiger partial charge in [-0.2, -0.15) is 0 Å². The average molecular weight is 693 g/mol. The van der Waals surface area contributed by atoms with Crippen molar-refractivity contribution >= 4 is 46.4 Å². The van der Waals surface area contributed by atoms with Crippen LogP contribution in [0.5, 0.6) is 5.75 Å². The highest BCUT2D eigenvalue weighted by atomic mass is 19.1. The van der Waals surface area contributed by atoms with Gasteiger partial charge in [-0.05, 0) is 42.7 Å². The lowest BCUT2D eigenvalue weighted by molar-refractivity contribution is -0.141. The maximum absolute atomic E-state index is 14.5. The number of carbonyl (C=O) groups is 6. The monoisotopic (exact) mass is 692 g/mol. The molecule has 0 radical (unpaired) electrons. The van der Waals surface area contributed by atoms with Gasteiger partial charge in [0.25, 0.3) is 5.91 Å². The first-order valence-electron chi connectivity index (χ1n) is 16.4. The van der Waals surface area contributed by atoms with Crippen molar-refractivity contribution in [1.82, 2.24) is 30.3 Å². The Morgan fingerprint density at radius 1 is 1.08 bits per heavy atom. The molecular formula is C35H41FN6O8. The lowest BCUT2D eigenvalue weighted by Gasteiger charge is -2.28. The van der Waals surface area contributed by atoms with Crippen molar-refractivity contribution in [2.24, 2.45) is 0 Å². The summed E-state index contributed by atoms with van der Waals surface area (Å²) in [6.07, 6.45) is 1.84.